The Kier molecular flexibility index (Phi) is 4.28. The number of fused-ring (bicyclic) bond motifs is 1. The Hall–Kier alpha value is -2.61. The second-order valence-electron chi connectivity index (χ2n) is 6.67. The molecule has 1 aromatic heterocycles. The fourth-order valence-electron chi connectivity index (χ4n) is 3.52. The number of halogens is 1. The topological polar surface area (TPSA) is 71.9 Å². The molecule has 0 aliphatic carbocycles. The van der Waals surface area contributed by atoms with Crippen molar-refractivity contribution in [3.8, 4) is 17.2 Å². The molecule has 1 fully saturated rings. The quantitative estimate of drug-likeness (QED) is 0.503. The van der Waals surface area contributed by atoms with Gasteiger partial charge in [0.1, 0.15) is 11.2 Å². The molecule has 0 amide bonds. The number of hydrogen-bond acceptors (Lipinski definition) is 4. The molecule has 5 heteroatoms. The van der Waals surface area contributed by atoms with Crippen LogP contribution in [0.5, 0.6) is 0 Å². The van der Waals surface area contributed by atoms with E-state index >= 15 is 0 Å². The molecule has 0 saturated carbocycles. The molecule has 4 rings (SSSR count). The van der Waals surface area contributed by atoms with Gasteiger partial charge in [-0.25, -0.2) is 4.98 Å². The number of aryl methyl sites for hydroxylation is 1. The first kappa shape index (κ1) is 16.8. The van der Waals surface area contributed by atoms with E-state index in [-0.39, 0.29) is 6.10 Å². The molecule has 2 heterocycles. The van der Waals surface area contributed by atoms with Crippen LogP contribution < -0.4 is 5.73 Å². The Balaban J connectivity index is 1.91. The molecule has 1 unspecified atom stereocenters. The fraction of sp³-hybridized carbons (Fsp3) is 0.238. The number of nitrogens with zero attached hydrogens (tertiary/aromatic N) is 2. The highest BCUT2D eigenvalue weighted by atomic mass is 35.5. The predicted octanol–water partition coefficient (Wildman–Crippen LogP) is 5.17. The summed E-state index contributed by atoms with van der Waals surface area (Å²) < 4.78 is 5.79. The lowest BCUT2D eigenvalue weighted by Crippen LogP contribution is -2.04. The van der Waals surface area contributed by atoms with E-state index in [0.29, 0.717) is 23.0 Å². The molecule has 1 aliphatic heterocycles. The van der Waals surface area contributed by atoms with Crippen LogP contribution >= 0.6 is 11.6 Å². The third kappa shape index (κ3) is 2.90. The van der Waals surface area contributed by atoms with Crippen molar-refractivity contribution >= 4 is 28.2 Å². The van der Waals surface area contributed by atoms with Crippen molar-refractivity contribution in [2.24, 2.45) is 0 Å². The van der Waals surface area contributed by atoms with E-state index in [4.69, 9.17) is 22.1 Å². The zero-order chi connectivity index (χ0) is 18.3. The van der Waals surface area contributed by atoms with Crippen molar-refractivity contribution in [1.29, 1.82) is 5.26 Å². The summed E-state index contributed by atoms with van der Waals surface area (Å²) in [5, 5.41) is 11.0. The van der Waals surface area contributed by atoms with Gasteiger partial charge in [-0.15, -0.1) is 0 Å². The van der Waals surface area contributed by atoms with E-state index in [1.165, 1.54) is 0 Å². The molecule has 26 heavy (non-hydrogen) atoms. The third-order valence-electron chi connectivity index (χ3n) is 4.82. The van der Waals surface area contributed by atoms with Gasteiger partial charge in [0, 0.05) is 23.1 Å². The summed E-state index contributed by atoms with van der Waals surface area (Å²) in [7, 11) is 0. The first-order chi connectivity index (χ1) is 12.6. The van der Waals surface area contributed by atoms with Crippen LogP contribution in [0.25, 0.3) is 22.0 Å². The number of aromatic nitrogens is 1. The summed E-state index contributed by atoms with van der Waals surface area (Å²) in [6.45, 7) is 2.75. The van der Waals surface area contributed by atoms with Gasteiger partial charge in [0.05, 0.1) is 22.9 Å². The minimum atomic E-state index is -0.0960. The lowest BCUT2D eigenvalue weighted by Gasteiger charge is -2.16. The van der Waals surface area contributed by atoms with Crippen molar-refractivity contribution in [2.75, 3.05) is 12.3 Å². The number of rotatable bonds is 2. The highest BCUT2D eigenvalue weighted by molar-refractivity contribution is 6.32. The Labute approximate surface area is 157 Å². The molecule has 0 spiro atoms. The van der Waals surface area contributed by atoms with Gasteiger partial charge in [-0.3, -0.25) is 0 Å². The van der Waals surface area contributed by atoms with Crippen LogP contribution in [0.15, 0.2) is 36.4 Å². The molecular formula is C21H18ClN3O. The maximum absolute atomic E-state index is 9.52. The van der Waals surface area contributed by atoms with Crippen molar-refractivity contribution in [2.45, 2.75) is 25.9 Å². The number of nitrogen functional groups attached to an aromatic ring is 1. The molecule has 2 aromatic carbocycles. The van der Waals surface area contributed by atoms with Gasteiger partial charge < -0.3 is 10.5 Å². The second-order valence-corrected chi connectivity index (χ2v) is 7.02. The summed E-state index contributed by atoms with van der Waals surface area (Å²) in [4.78, 5) is 4.52. The first-order valence-electron chi connectivity index (χ1n) is 8.59. The average molecular weight is 364 g/mol. The molecule has 3 aromatic rings. The van der Waals surface area contributed by atoms with E-state index in [2.05, 4.69) is 17.1 Å². The van der Waals surface area contributed by atoms with Crippen LogP contribution in [0.3, 0.4) is 0 Å². The highest BCUT2D eigenvalue weighted by Gasteiger charge is 2.23. The highest BCUT2D eigenvalue weighted by Crippen LogP contribution is 2.38. The zero-order valence-electron chi connectivity index (χ0n) is 14.4. The Morgan fingerprint density at radius 1 is 1.27 bits per heavy atom. The van der Waals surface area contributed by atoms with Crippen LogP contribution in [0.2, 0.25) is 5.15 Å². The van der Waals surface area contributed by atoms with Gasteiger partial charge in [0.2, 0.25) is 0 Å². The van der Waals surface area contributed by atoms with Gasteiger partial charge in [-0.2, -0.15) is 5.26 Å². The number of ether oxygens (including phenoxy) is 1. The van der Waals surface area contributed by atoms with Gasteiger partial charge >= 0.3 is 0 Å². The number of anilines is 1. The molecule has 0 bridgehead atoms. The van der Waals surface area contributed by atoms with Gasteiger partial charge in [-0.1, -0.05) is 23.2 Å². The monoisotopic (exact) mass is 363 g/mol. The molecular weight excluding hydrogens is 346 g/mol. The predicted molar refractivity (Wildman–Crippen MR) is 104 cm³/mol. The van der Waals surface area contributed by atoms with E-state index in [0.717, 1.165) is 46.0 Å². The number of nitriles is 1. The minimum Gasteiger partial charge on any atom is -0.398 e. The van der Waals surface area contributed by atoms with E-state index in [1.54, 1.807) is 6.07 Å². The SMILES string of the molecule is Cc1ccc2nc(Cl)c(-c3cc(N)c(C#N)c(C4CCCO4)c3)cc2c1. The summed E-state index contributed by atoms with van der Waals surface area (Å²) in [5.41, 5.74) is 11.6. The van der Waals surface area contributed by atoms with Gasteiger partial charge in [0.25, 0.3) is 0 Å². The number of pyridine rings is 1. The average Bonchev–Trinajstić information content (AvgIpc) is 3.15. The minimum absolute atomic E-state index is 0.0960. The second kappa shape index (κ2) is 6.60. The van der Waals surface area contributed by atoms with Crippen LogP contribution in [-0.4, -0.2) is 11.6 Å². The van der Waals surface area contributed by atoms with Gasteiger partial charge in [0.15, 0.2) is 0 Å². The molecule has 1 aliphatic rings. The van der Waals surface area contributed by atoms with E-state index in [9.17, 15) is 5.26 Å². The van der Waals surface area contributed by atoms with Gasteiger partial charge in [-0.05, 0) is 55.7 Å². The summed E-state index contributed by atoms with van der Waals surface area (Å²) in [6, 6.07) is 14.1. The maximum Gasteiger partial charge on any atom is 0.137 e. The van der Waals surface area contributed by atoms with E-state index in [1.807, 2.05) is 31.2 Å². The smallest absolute Gasteiger partial charge is 0.137 e. The summed E-state index contributed by atoms with van der Waals surface area (Å²) in [5.74, 6) is 0. The molecule has 1 atom stereocenters. The molecule has 0 radical (unpaired) electrons. The summed E-state index contributed by atoms with van der Waals surface area (Å²) in [6.07, 6.45) is 1.78. The largest absolute Gasteiger partial charge is 0.398 e. The summed E-state index contributed by atoms with van der Waals surface area (Å²) >= 11 is 6.47. The molecule has 1 saturated heterocycles. The standard InChI is InChI=1S/C21H18ClN3O/c1-12-4-5-19-14(7-12)9-15(21(22)25-19)13-8-16(20-3-2-6-26-20)17(11-23)18(24)10-13/h4-5,7-10,20H,2-3,6,24H2,1H3. The van der Waals surface area contributed by atoms with Crippen molar-refractivity contribution in [3.63, 3.8) is 0 Å². The van der Waals surface area contributed by atoms with Crippen LogP contribution in [0.4, 0.5) is 5.69 Å². The van der Waals surface area contributed by atoms with Crippen molar-refractivity contribution < 1.29 is 4.74 Å². The lowest BCUT2D eigenvalue weighted by molar-refractivity contribution is 0.112. The fourth-order valence-corrected chi connectivity index (χ4v) is 3.78. The normalized spacial score (nSPS) is 16.7. The van der Waals surface area contributed by atoms with E-state index < -0.39 is 0 Å². The van der Waals surface area contributed by atoms with Crippen molar-refractivity contribution in [3.05, 3.63) is 58.2 Å². The Morgan fingerprint density at radius 2 is 2.12 bits per heavy atom. The maximum atomic E-state index is 9.52. The van der Waals surface area contributed by atoms with Crippen LogP contribution in [0, 0.1) is 18.3 Å². The Morgan fingerprint density at radius 3 is 2.85 bits per heavy atom. The van der Waals surface area contributed by atoms with Crippen LogP contribution in [-0.2, 0) is 4.74 Å². The zero-order valence-corrected chi connectivity index (χ0v) is 15.2. The first-order valence-corrected chi connectivity index (χ1v) is 8.97. The third-order valence-corrected chi connectivity index (χ3v) is 5.11. The number of hydrogen-bond donors (Lipinski definition) is 1. The van der Waals surface area contributed by atoms with Crippen LogP contribution in [0.1, 0.15) is 35.6 Å². The molecule has 4 nitrogen and oxygen atoms in total. The molecule has 2 N–H and O–H groups in total. The number of benzene rings is 2. The number of nitrogens with two attached hydrogens (primary N) is 1. The lowest BCUT2D eigenvalue weighted by atomic mass is 9.94. The van der Waals surface area contributed by atoms with Crippen molar-refractivity contribution in [1.82, 2.24) is 4.98 Å². The Bertz CT molecular complexity index is 1050. The molecule has 130 valence electrons.